The van der Waals surface area contributed by atoms with Gasteiger partial charge in [-0.1, -0.05) is 41.4 Å². The van der Waals surface area contributed by atoms with Crippen molar-refractivity contribution in [2.75, 3.05) is 7.05 Å². The van der Waals surface area contributed by atoms with Crippen LogP contribution in [0.5, 0.6) is 0 Å². The van der Waals surface area contributed by atoms with Crippen LogP contribution >= 0.6 is 34.5 Å². The molecule has 3 aromatic rings. The highest BCUT2D eigenvalue weighted by molar-refractivity contribution is 7.18. The molecule has 0 bridgehead atoms. The van der Waals surface area contributed by atoms with Crippen molar-refractivity contribution in [2.45, 2.75) is 26.0 Å². The number of esters is 1. The van der Waals surface area contributed by atoms with Gasteiger partial charge in [0, 0.05) is 7.05 Å². The van der Waals surface area contributed by atoms with Gasteiger partial charge in [-0.15, -0.1) is 11.3 Å². The highest BCUT2D eigenvalue weighted by Crippen LogP contribution is 2.24. The van der Waals surface area contributed by atoms with E-state index in [0.717, 1.165) is 15.2 Å². The van der Waals surface area contributed by atoms with E-state index in [1.54, 1.807) is 32.2 Å². The van der Waals surface area contributed by atoms with Gasteiger partial charge in [-0.25, -0.2) is 4.98 Å². The molecule has 0 saturated heterocycles. The largest absolute Gasteiger partial charge is 0.452 e. The van der Waals surface area contributed by atoms with Gasteiger partial charge in [-0.05, 0) is 36.8 Å². The second kappa shape index (κ2) is 8.90. The third kappa shape index (κ3) is 5.01. The first-order chi connectivity index (χ1) is 13.3. The summed E-state index contributed by atoms with van der Waals surface area (Å²) in [5.74, 6) is -0.797. The molecular formula is C20H18Cl2N2O3S. The molecule has 0 aliphatic carbocycles. The van der Waals surface area contributed by atoms with Crippen LogP contribution < -0.4 is 0 Å². The molecule has 0 fully saturated rings. The number of hydrogen-bond acceptors (Lipinski definition) is 5. The lowest BCUT2D eigenvalue weighted by atomic mass is 10.1. The molecule has 5 nitrogen and oxygen atoms in total. The first-order valence-corrected chi connectivity index (χ1v) is 10.1. The van der Waals surface area contributed by atoms with Crippen molar-refractivity contribution in [2.24, 2.45) is 0 Å². The summed E-state index contributed by atoms with van der Waals surface area (Å²) in [7, 11) is 1.66. The normalized spacial score (nSPS) is 12.0. The van der Waals surface area contributed by atoms with Gasteiger partial charge in [-0.3, -0.25) is 9.59 Å². The van der Waals surface area contributed by atoms with Crippen molar-refractivity contribution in [3.8, 4) is 0 Å². The van der Waals surface area contributed by atoms with Crippen LogP contribution in [0.2, 0.25) is 10.0 Å². The molecule has 1 unspecified atom stereocenters. The zero-order chi connectivity index (χ0) is 20.3. The average molecular weight is 437 g/mol. The average Bonchev–Trinajstić information content (AvgIpc) is 3.06. The smallest absolute Gasteiger partial charge is 0.311 e. The lowest BCUT2D eigenvalue weighted by Gasteiger charge is -2.20. The summed E-state index contributed by atoms with van der Waals surface area (Å²) in [5.41, 5.74) is 1.58. The second-order valence-corrected chi connectivity index (χ2v) is 8.26. The SMILES string of the molecule is CC(OC(=O)Cc1ccc(Cl)c(Cl)c1)C(=O)N(C)Cc1nc2ccccc2s1. The van der Waals surface area contributed by atoms with Crippen LogP contribution in [0.25, 0.3) is 10.2 Å². The predicted octanol–water partition coefficient (Wildman–Crippen LogP) is 4.74. The number of nitrogens with zero attached hydrogens (tertiary/aromatic N) is 2. The van der Waals surface area contributed by atoms with Crippen molar-refractivity contribution in [3.05, 3.63) is 63.1 Å². The Morgan fingerprint density at radius 3 is 2.64 bits per heavy atom. The standard InChI is InChI=1S/C20H18Cl2N2O3S/c1-12(27-19(25)10-13-7-8-14(21)15(22)9-13)20(26)24(2)11-18-23-16-5-3-4-6-17(16)28-18/h3-9,12H,10-11H2,1-2H3. The lowest BCUT2D eigenvalue weighted by molar-refractivity contribution is -0.158. The molecule has 1 heterocycles. The van der Waals surface area contributed by atoms with Crippen LogP contribution in [0.15, 0.2) is 42.5 Å². The van der Waals surface area contributed by atoms with Crippen molar-refractivity contribution in [1.29, 1.82) is 0 Å². The van der Waals surface area contributed by atoms with Crippen LogP contribution in [0.3, 0.4) is 0 Å². The number of rotatable bonds is 6. The fraction of sp³-hybridized carbons (Fsp3) is 0.250. The number of ether oxygens (including phenoxy) is 1. The Balaban J connectivity index is 1.56. The molecule has 1 aromatic heterocycles. The molecule has 1 amide bonds. The number of likely N-dealkylation sites (N-methyl/N-ethyl adjacent to an activating group) is 1. The first-order valence-electron chi connectivity index (χ1n) is 8.56. The van der Waals surface area contributed by atoms with Crippen LogP contribution in [-0.2, 0) is 27.3 Å². The van der Waals surface area contributed by atoms with Crippen molar-refractivity contribution >= 4 is 56.6 Å². The monoisotopic (exact) mass is 436 g/mol. The highest BCUT2D eigenvalue weighted by Gasteiger charge is 2.22. The van der Waals surface area contributed by atoms with E-state index in [2.05, 4.69) is 4.98 Å². The van der Waals surface area contributed by atoms with Crippen LogP contribution in [0.4, 0.5) is 0 Å². The quantitative estimate of drug-likeness (QED) is 0.523. The minimum absolute atomic E-state index is 0.0100. The topological polar surface area (TPSA) is 59.5 Å². The van der Waals surface area contributed by atoms with E-state index in [1.165, 1.54) is 16.2 Å². The van der Waals surface area contributed by atoms with Gasteiger partial charge in [-0.2, -0.15) is 0 Å². The van der Waals surface area contributed by atoms with Gasteiger partial charge in [0.1, 0.15) is 5.01 Å². The van der Waals surface area contributed by atoms with Gasteiger partial charge in [0.15, 0.2) is 6.10 Å². The van der Waals surface area contributed by atoms with Crippen LogP contribution in [0, 0.1) is 0 Å². The van der Waals surface area contributed by atoms with E-state index in [9.17, 15) is 9.59 Å². The Labute approximate surface area is 176 Å². The third-order valence-electron chi connectivity index (χ3n) is 4.08. The maximum atomic E-state index is 12.5. The Morgan fingerprint density at radius 1 is 1.18 bits per heavy atom. The molecular weight excluding hydrogens is 419 g/mol. The number of carbonyl (C=O) groups excluding carboxylic acids is 2. The van der Waals surface area contributed by atoms with E-state index >= 15 is 0 Å². The fourth-order valence-electron chi connectivity index (χ4n) is 2.68. The molecule has 0 spiro atoms. The van der Waals surface area contributed by atoms with Gasteiger partial charge < -0.3 is 9.64 Å². The van der Waals surface area contributed by atoms with Gasteiger partial charge in [0.25, 0.3) is 5.91 Å². The maximum Gasteiger partial charge on any atom is 0.311 e. The molecule has 0 radical (unpaired) electrons. The molecule has 28 heavy (non-hydrogen) atoms. The lowest BCUT2D eigenvalue weighted by Crippen LogP contribution is -2.37. The van der Waals surface area contributed by atoms with Crippen LogP contribution in [0.1, 0.15) is 17.5 Å². The Hall–Kier alpha value is -2.15. The summed E-state index contributed by atoms with van der Waals surface area (Å²) in [6.07, 6.45) is -0.884. The number of thiazole rings is 1. The summed E-state index contributed by atoms with van der Waals surface area (Å²) in [6, 6.07) is 12.7. The summed E-state index contributed by atoms with van der Waals surface area (Å²) in [5, 5.41) is 1.61. The van der Waals surface area contributed by atoms with Gasteiger partial charge >= 0.3 is 5.97 Å². The number of benzene rings is 2. The number of hydrogen-bond donors (Lipinski definition) is 0. The van der Waals surface area contributed by atoms with Crippen LogP contribution in [-0.4, -0.2) is 34.9 Å². The van der Waals surface area contributed by atoms with Crippen molar-refractivity contribution in [3.63, 3.8) is 0 Å². The predicted molar refractivity (Wildman–Crippen MR) is 112 cm³/mol. The zero-order valence-corrected chi connectivity index (χ0v) is 17.6. The minimum atomic E-state index is -0.894. The number of carbonyl (C=O) groups is 2. The van der Waals surface area contributed by atoms with Gasteiger partial charge in [0.05, 0.1) is 33.2 Å². The Kier molecular flexibility index (Phi) is 6.54. The van der Waals surface area contributed by atoms with E-state index in [4.69, 9.17) is 27.9 Å². The Morgan fingerprint density at radius 2 is 1.93 bits per heavy atom. The van der Waals surface area contributed by atoms with Crippen molar-refractivity contribution in [1.82, 2.24) is 9.88 Å². The van der Waals surface area contributed by atoms with Crippen molar-refractivity contribution < 1.29 is 14.3 Å². The first kappa shape index (κ1) is 20.6. The van der Waals surface area contributed by atoms with E-state index < -0.39 is 12.1 Å². The van der Waals surface area contributed by atoms with Gasteiger partial charge in [0.2, 0.25) is 0 Å². The molecule has 0 aliphatic rings. The molecule has 146 valence electrons. The van der Waals surface area contributed by atoms with E-state index in [1.807, 2.05) is 24.3 Å². The molecule has 0 saturated carbocycles. The van der Waals surface area contributed by atoms with E-state index in [0.29, 0.717) is 22.2 Å². The number of fused-ring (bicyclic) bond motifs is 1. The zero-order valence-electron chi connectivity index (χ0n) is 15.3. The summed E-state index contributed by atoms with van der Waals surface area (Å²) < 4.78 is 6.35. The molecule has 1 atom stereocenters. The summed E-state index contributed by atoms with van der Waals surface area (Å²) in [4.78, 5) is 30.7. The molecule has 3 rings (SSSR count). The molecule has 0 N–H and O–H groups in total. The number of para-hydroxylation sites is 1. The second-order valence-electron chi connectivity index (χ2n) is 6.33. The van der Waals surface area contributed by atoms with E-state index in [-0.39, 0.29) is 12.3 Å². The number of amides is 1. The summed E-state index contributed by atoms with van der Waals surface area (Å²) in [6.45, 7) is 1.91. The number of aromatic nitrogens is 1. The Bertz CT molecular complexity index is 989. The third-order valence-corrected chi connectivity index (χ3v) is 5.84. The summed E-state index contributed by atoms with van der Waals surface area (Å²) >= 11 is 13.4. The molecule has 8 heteroatoms. The molecule has 0 aliphatic heterocycles. The minimum Gasteiger partial charge on any atom is -0.452 e. The highest BCUT2D eigenvalue weighted by atomic mass is 35.5. The maximum absolute atomic E-state index is 12.5. The molecule has 2 aromatic carbocycles. The number of halogens is 2. The fourth-order valence-corrected chi connectivity index (χ4v) is 4.03.